The highest BCUT2D eigenvalue weighted by Crippen LogP contribution is 2.31. The van der Waals surface area contributed by atoms with Gasteiger partial charge in [-0.05, 0) is 37.1 Å². The molecule has 4 heterocycles. The largest absolute Gasteiger partial charge is 0.459 e. The van der Waals surface area contributed by atoms with Crippen molar-refractivity contribution < 1.29 is 18.8 Å². The molecule has 3 saturated heterocycles. The number of hydrogen-bond donors (Lipinski definition) is 1. The third-order valence-corrected chi connectivity index (χ3v) is 7.32. The SMILES string of the molecule is CN1C(=O)N(CCc2ccccc2)C(=O)C2C(N3CCN(C(=O)c4ccco4)CC3)CCNC21. The van der Waals surface area contributed by atoms with Crippen molar-refractivity contribution in [2.24, 2.45) is 5.92 Å². The molecule has 3 atom stereocenters. The summed E-state index contributed by atoms with van der Waals surface area (Å²) in [6.45, 7) is 3.66. The lowest BCUT2D eigenvalue weighted by Gasteiger charge is -2.52. The molecule has 3 fully saturated rings. The van der Waals surface area contributed by atoms with Gasteiger partial charge in [0.1, 0.15) is 0 Å². The number of nitrogens with one attached hydrogen (secondary N) is 1. The van der Waals surface area contributed by atoms with Crippen molar-refractivity contribution in [1.29, 1.82) is 0 Å². The van der Waals surface area contributed by atoms with Crippen molar-refractivity contribution in [3.63, 3.8) is 0 Å². The Hall–Kier alpha value is -3.17. The fourth-order valence-corrected chi connectivity index (χ4v) is 5.47. The molecular weight excluding hydrogens is 434 g/mol. The van der Waals surface area contributed by atoms with E-state index >= 15 is 0 Å². The number of fused-ring (bicyclic) bond motifs is 1. The van der Waals surface area contributed by atoms with Crippen LogP contribution in [0.1, 0.15) is 22.5 Å². The van der Waals surface area contributed by atoms with Crippen LogP contribution in [-0.4, -0.2) is 96.0 Å². The van der Waals surface area contributed by atoms with Crippen LogP contribution in [0.15, 0.2) is 53.1 Å². The number of nitrogens with zero attached hydrogens (tertiary/aromatic N) is 4. The van der Waals surface area contributed by atoms with Crippen LogP contribution in [0.3, 0.4) is 0 Å². The van der Waals surface area contributed by atoms with E-state index in [1.807, 2.05) is 30.3 Å². The van der Waals surface area contributed by atoms with Gasteiger partial charge in [0.25, 0.3) is 5.91 Å². The summed E-state index contributed by atoms with van der Waals surface area (Å²) >= 11 is 0. The van der Waals surface area contributed by atoms with E-state index in [4.69, 9.17) is 4.42 Å². The van der Waals surface area contributed by atoms with Gasteiger partial charge >= 0.3 is 6.03 Å². The Morgan fingerprint density at radius 2 is 1.82 bits per heavy atom. The predicted octanol–water partition coefficient (Wildman–Crippen LogP) is 1.48. The minimum atomic E-state index is -0.334. The molecule has 1 N–H and O–H groups in total. The van der Waals surface area contributed by atoms with Gasteiger partial charge < -0.3 is 14.2 Å². The molecule has 0 bridgehead atoms. The first kappa shape index (κ1) is 22.6. The maximum absolute atomic E-state index is 13.7. The second kappa shape index (κ2) is 9.60. The van der Waals surface area contributed by atoms with E-state index in [0.717, 1.165) is 18.5 Å². The lowest BCUT2D eigenvalue weighted by molar-refractivity contribution is -0.145. The summed E-state index contributed by atoms with van der Waals surface area (Å²) < 4.78 is 5.26. The van der Waals surface area contributed by atoms with E-state index in [0.29, 0.717) is 44.9 Å². The summed E-state index contributed by atoms with van der Waals surface area (Å²) in [5.41, 5.74) is 1.10. The van der Waals surface area contributed by atoms with Crippen LogP contribution in [-0.2, 0) is 11.2 Å². The summed E-state index contributed by atoms with van der Waals surface area (Å²) in [5.74, 6) is -0.180. The smallest absolute Gasteiger partial charge is 0.327 e. The summed E-state index contributed by atoms with van der Waals surface area (Å²) in [5, 5.41) is 3.39. The van der Waals surface area contributed by atoms with Crippen molar-refractivity contribution >= 4 is 17.8 Å². The van der Waals surface area contributed by atoms with Crippen LogP contribution in [0.4, 0.5) is 4.79 Å². The summed E-state index contributed by atoms with van der Waals surface area (Å²) in [6, 6.07) is 13.1. The molecule has 1 aromatic heterocycles. The quantitative estimate of drug-likeness (QED) is 0.720. The lowest BCUT2D eigenvalue weighted by atomic mass is 9.85. The van der Waals surface area contributed by atoms with Crippen LogP contribution in [0, 0.1) is 5.92 Å². The van der Waals surface area contributed by atoms with Gasteiger partial charge in [0.2, 0.25) is 5.91 Å². The second-order valence-electron chi connectivity index (χ2n) is 9.21. The molecule has 180 valence electrons. The first-order valence-electron chi connectivity index (χ1n) is 12.0. The zero-order chi connectivity index (χ0) is 23.7. The van der Waals surface area contributed by atoms with Crippen molar-refractivity contribution in [1.82, 2.24) is 24.9 Å². The monoisotopic (exact) mass is 465 g/mol. The normalized spacial score (nSPS) is 26.0. The zero-order valence-electron chi connectivity index (χ0n) is 19.4. The molecule has 5 rings (SSSR count). The molecule has 3 unspecified atom stereocenters. The Morgan fingerprint density at radius 1 is 1.06 bits per heavy atom. The maximum atomic E-state index is 13.7. The molecule has 4 amide bonds. The minimum absolute atomic E-state index is 0.0226. The number of piperidine rings is 1. The van der Waals surface area contributed by atoms with Crippen molar-refractivity contribution in [3.8, 4) is 0 Å². The zero-order valence-corrected chi connectivity index (χ0v) is 19.4. The van der Waals surface area contributed by atoms with Crippen molar-refractivity contribution in [2.45, 2.75) is 25.0 Å². The third-order valence-electron chi connectivity index (χ3n) is 7.32. The van der Waals surface area contributed by atoms with Gasteiger partial charge in [-0.25, -0.2) is 4.79 Å². The molecular formula is C25H31N5O4. The van der Waals surface area contributed by atoms with Gasteiger partial charge in [-0.3, -0.25) is 24.7 Å². The Balaban J connectivity index is 1.28. The number of rotatable bonds is 5. The number of furan rings is 1. The molecule has 1 aromatic carbocycles. The topological polar surface area (TPSA) is 89.3 Å². The summed E-state index contributed by atoms with van der Waals surface area (Å²) in [6.07, 6.45) is 2.66. The first-order chi connectivity index (χ1) is 16.5. The predicted molar refractivity (Wildman–Crippen MR) is 125 cm³/mol. The number of piperazine rings is 1. The first-order valence-corrected chi connectivity index (χ1v) is 12.0. The highest BCUT2D eigenvalue weighted by atomic mass is 16.3. The van der Waals surface area contributed by atoms with Crippen LogP contribution in [0.2, 0.25) is 0 Å². The average molecular weight is 466 g/mol. The Kier molecular flexibility index (Phi) is 6.38. The molecule has 3 aliphatic heterocycles. The van der Waals surface area contributed by atoms with E-state index in [-0.39, 0.29) is 36.0 Å². The van der Waals surface area contributed by atoms with Crippen LogP contribution >= 0.6 is 0 Å². The van der Waals surface area contributed by atoms with E-state index in [1.54, 1.807) is 29.0 Å². The molecule has 2 aromatic rings. The van der Waals surface area contributed by atoms with E-state index in [2.05, 4.69) is 10.2 Å². The van der Waals surface area contributed by atoms with E-state index < -0.39 is 0 Å². The standard InChI is InChI=1S/C25H31N5O4/c1-27-22-21(24(32)30(25(27)33)12-10-18-6-3-2-4-7-18)19(9-11-26-22)28-13-15-29(16-14-28)23(31)20-8-5-17-34-20/h2-8,17,19,21-22,26H,9-16H2,1H3. The highest BCUT2D eigenvalue weighted by molar-refractivity contribution is 5.99. The Morgan fingerprint density at radius 3 is 2.53 bits per heavy atom. The Labute approximate surface area is 199 Å². The number of carbonyl (C=O) groups excluding carboxylic acids is 3. The van der Waals surface area contributed by atoms with Crippen LogP contribution < -0.4 is 5.32 Å². The highest BCUT2D eigenvalue weighted by Gasteiger charge is 2.51. The van der Waals surface area contributed by atoms with E-state index in [1.165, 1.54) is 11.2 Å². The van der Waals surface area contributed by atoms with Gasteiger partial charge in [0.05, 0.1) is 18.3 Å². The van der Waals surface area contributed by atoms with Gasteiger partial charge in [-0.15, -0.1) is 0 Å². The fraction of sp³-hybridized carbons (Fsp3) is 0.480. The molecule has 0 saturated carbocycles. The lowest BCUT2D eigenvalue weighted by Crippen LogP contribution is -2.72. The number of benzene rings is 1. The Bertz CT molecular complexity index is 1020. The number of urea groups is 1. The van der Waals surface area contributed by atoms with Crippen molar-refractivity contribution in [2.75, 3.05) is 46.3 Å². The molecule has 0 radical (unpaired) electrons. The molecule has 9 heteroatoms. The third kappa shape index (κ3) is 4.21. The summed E-state index contributed by atoms with van der Waals surface area (Å²) in [7, 11) is 1.78. The number of hydrogen-bond acceptors (Lipinski definition) is 6. The van der Waals surface area contributed by atoms with Crippen LogP contribution in [0.25, 0.3) is 0 Å². The molecule has 34 heavy (non-hydrogen) atoms. The maximum Gasteiger partial charge on any atom is 0.327 e. The molecule has 0 aliphatic carbocycles. The van der Waals surface area contributed by atoms with Gasteiger partial charge in [-0.2, -0.15) is 0 Å². The number of carbonyl (C=O) groups is 3. The minimum Gasteiger partial charge on any atom is -0.459 e. The average Bonchev–Trinajstić information content (AvgIpc) is 3.42. The number of amides is 4. The second-order valence-corrected chi connectivity index (χ2v) is 9.21. The number of imide groups is 1. The van der Waals surface area contributed by atoms with Gasteiger partial charge in [-0.1, -0.05) is 30.3 Å². The molecule has 9 nitrogen and oxygen atoms in total. The van der Waals surface area contributed by atoms with E-state index in [9.17, 15) is 14.4 Å². The van der Waals surface area contributed by atoms with Gasteiger partial charge in [0.15, 0.2) is 5.76 Å². The summed E-state index contributed by atoms with van der Waals surface area (Å²) in [4.78, 5) is 46.6. The van der Waals surface area contributed by atoms with Crippen molar-refractivity contribution in [3.05, 3.63) is 60.1 Å². The molecule has 0 spiro atoms. The van der Waals surface area contributed by atoms with Gasteiger partial charge in [0, 0.05) is 45.8 Å². The molecule has 3 aliphatic rings. The fourth-order valence-electron chi connectivity index (χ4n) is 5.47. The van der Waals surface area contributed by atoms with Crippen LogP contribution in [0.5, 0.6) is 0 Å².